The van der Waals surface area contributed by atoms with E-state index in [1.807, 2.05) is 0 Å². The average molecular weight is 275 g/mol. The minimum Gasteiger partial charge on any atom is -0.399 e. The van der Waals surface area contributed by atoms with Crippen molar-refractivity contribution in [1.29, 1.82) is 0 Å². The fourth-order valence-electron chi connectivity index (χ4n) is 2.41. The van der Waals surface area contributed by atoms with Gasteiger partial charge in [-0.1, -0.05) is 6.92 Å². The van der Waals surface area contributed by atoms with Crippen LogP contribution in [0.3, 0.4) is 0 Å². The van der Waals surface area contributed by atoms with E-state index >= 15 is 0 Å². The quantitative estimate of drug-likeness (QED) is 0.711. The molecule has 1 aliphatic carbocycles. The Kier molecular flexibility index (Phi) is 4.27. The lowest BCUT2D eigenvalue weighted by atomic mass is 9.75. The molecule has 20 heavy (non-hydrogen) atoms. The molecule has 0 aromatic heterocycles. The Labute approximate surface area is 118 Å². The van der Waals surface area contributed by atoms with Gasteiger partial charge in [-0.15, -0.1) is 0 Å². The van der Waals surface area contributed by atoms with Crippen molar-refractivity contribution in [2.75, 3.05) is 12.3 Å². The van der Waals surface area contributed by atoms with Gasteiger partial charge in [0.05, 0.1) is 6.54 Å². The molecule has 0 bridgehead atoms. The number of amides is 2. The Morgan fingerprint density at radius 1 is 1.25 bits per heavy atom. The standard InChI is InChI=1S/C15H21N3O2/c1-2-15(8-3-9-15)18-13(19)10-17-14(20)11-4-6-12(16)7-5-11/h4-7H,2-3,8-10,16H2,1H3,(H,17,20)(H,18,19). The second-order valence-electron chi connectivity index (χ2n) is 5.34. The van der Waals surface area contributed by atoms with Gasteiger partial charge >= 0.3 is 0 Å². The lowest BCUT2D eigenvalue weighted by Gasteiger charge is -2.42. The third-order valence-electron chi connectivity index (χ3n) is 3.97. The Morgan fingerprint density at radius 2 is 1.90 bits per heavy atom. The number of benzene rings is 1. The molecule has 108 valence electrons. The van der Waals surface area contributed by atoms with Crippen molar-refractivity contribution in [3.63, 3.8) is 0 Å². The van der Waals surface area contributed by atoms with E-state index in [9.17, 15) is 9.59 Å². The number of carbonyl (C=O) groups is 2. The molecule has 0 heterocycles. The van der Waals surface area contributed by atoms with E-state index in [2.05, 4.69) is 17.6 Å². The van der Waals surface area contributed by atoms with E-state index < -0.39 is 0 Å². The predicted molar refractivity (Wildman–Crippen MR) is 78.2 cm³/mol. The largest absolute Gasteiger partial charge is 0.399 e. The summed E-state index contributed by atoms with van der Waals surface area (Å²) in [5.74, 6) is -0.394. The molecular formula is C15H21N3O2. The maximum Gasteiger partial charge on any atom is 0.251 e. The van der Waals surface area contributed by atoms with Crippen LogP contribution in [-0.2, 0) is 4.79 Å². The summed E-state index contributed by atoms with van der Waals surface area (Å²) >= 11 is 0. The van der Waals surface area contributed by atoms with Crippen molar-refractivity contribution < 1.29 is 9.59 Å². The Balaban J connectivity index is 1.81. The molecule has 0 atom stereocenters. The molecule has 0 saturated heterocycles. The zero-order valence-electron chi connectivity index (χ0n) is 11.7. The van der Waals surface area contributed by atoms with Crippen LogP contribution in [0.25, 0.3) is 0 Å². The van der Waals surface area contributed by atoms with E-state index in [-0.39, 0.29) is 23.9 Å². The lowest BCUT2D eigenvalue weighted by molar-refractivity contribution is -0.123. The normalized spacial score (nSPS) is 16.1. The summed E-state index contributed by atoms with van der Waals surface area (Å²) in [5, 5.41) is 5.64. The topological polar surface area (TPSA) is 84.2 Å². The Bertz CT molecular complexity index is 487. The number of anilines is 1. The monoisotopic (exact) mass is 275 g/mol. The molecule has 5 nitrogen and oxygen atoms in total. The summed E-state index contributed by atoms with van der Waals surface area (Å²) in [6, 6.07) is 6.61. The molecule has 1 saturated carbocycles. The van der Waals surface area contributed by atoms with Crippen molar-refractivity contribution in [3.8, 4) is 0 Å². The third-order valence-corrected chi connectivity index (χ3v) is 3.97. The van der Waals surface area contributed by atoms with Crippen molar-refractivity contribution in [2.45, 2.75) is 38.1 Å². The first-order valence-electron chi connectivity index (χ1n) is 6.99. The van der Waals surface area contributed by atoms with Crippen molar-refractivity contribution >= 4 is 17.5 Å². The van der Waals surface area contributed by atoms with Gasteiger partial charge in [0.15, 0.2) is 0 Å². The van der Waals surface area contributed by atoms with Gasteiger partial charge in [0, 0.05) is 16.8 Å². The first-order valence-corrected chi connectivity index (χ1v) is 6.99. The van der Waals surface area contributed by atoms with Gasteiger partial charge in [-0.05, 0) is 49.9 Å². The van der Waals surface area contributed by atoms with Crippen LogP contribution in [0.2, 0.25) is 0 Å². The Morgan fingerprint density at radius 3 is 2.40 bits per heavy atom. The van der Waals surface area contributed by atoms with E-state index in [0.29, 0.717) is 11.3 Å². The van der Waals surface area contributed by atoms with Gasteiger partial charge in [-0.25, -0.2) is 0 Å². The summed E-state index contributed by atoms with van der Waals surface area (Å²) in [6.07, 6.45) is 4.15. The van der Waals surface area contributed by atoms with Gasteiger partial charge < -0.3 is 16.4 Å². The molecule has 2 amide bonds. The highest BCUT2D eigenvalue weighted by Crippen LogP contribution is 2.34. The number of rotatable bonds is 5. The average Bonchev–Trinajstić information content (AvgIpc) is 2.41. The molecule has 0 unspecified atom stereocenters. The van der Waals surface area contributed by atoms with Crippen LogP contribution in [0.1, 0.15) is 43.0 Å². The van der Waals surface area contributed by atoms with Crippen LogP contribution in [-0.4, -0.2) is 23.9 Å². The van der Waals surface area contributed by atoms with Gasteiger partial charge in [-0.3, -0.25) is 9.59 Å². The molecule has 1 aromatic carbocycles. The number of nitrogen functional groups attached to an aromatic ring is 1. The molecule has 2 rings (SSSR count). The van der Waals surface area contributed by atoms with Crippen LogP contribution in [0.4, 0.5) is 5.69 Å². The highest BCUT2D eigenvalue weighted by Gasteiger charge is 2.36. The van der Waals surface area contributed by atoms with Crippen LogP contribution in [0.5, 0.6) is 0 Å². The van der Waals surface area contributed by atoms with Gasteiger partial charge in [0.2, 0.25) is 5.91 Å². The molecule has 1 aromatic rings. The molecule has 1 aliphatic rings. The van der Waals surface area contributed by atoms with Crippen LogP contribution < -0.4 is 16.4 Å². The summed E-state index contributed by atoms with van der Waals surface area (Å²) in [6.45, 7) is 2.08. The third kappa shape index (κ3) is 3.29. The number of hydrogen-bond donors (Lipinski definition) is 3. The van der Waals surface area contributed by atoms with E-state index in [1.165, 1.54) is 0 Å². The van der Waals surface area contributed by atoms with Crippen molar-refractivity contribution in [1.82, 2.24) is 10.6 Å². The number of carbonyl (C=O) groups excluding carboxylic acids is 2. The summed E-state index contributed by atoms with van der Waals surface area (Å²) in [7, 11) is 0. The first kappa shape index (κ1) is 14.4. The van der Waals surface area contributed by atoms with Crippen molar-refractivity contribution in [3.05, 3.63) is 29.8 Å². The smallest absolute Gasteiger partial charge is 0.251 e. The molecule has 1 fully saturated rings. The zero-order chi connectivity index (χ0) is 14.6. The van der Waals surface area contributed by atoms with Gasteiger partial charge in [0.1, 0.15) is 0 Å². The maximum atomic E-state index is 11.9. The van der Waals surface area contributed by atoms with Crippen LogP contribution in [0, 0.1) is 0 Å². The zero-order valence-corrected chi connectivity index (χ0v) is 11.7. The molecule has 0 radical (unpaired) electrons. The van der Waals surface area contributed by atoms with Gasteiger partial charge in [-0.2, -0.15) is 0 Å². The Hall–Kier alpha value is -2.04. The number of nitrogens with one attached hydrogen (secondary N) is 2. The first-order chi connectivity index (χ1) is 9.54. The fraction of sp³-hybridized carbons (Fsp3) is 0.467. The fourth-order valence-corrected chi connectivity index (χ4v) is 2.41. The number of hydrogen-bond acceptors (Lipinski definition) is 3. The lowest BCUT2D eigenvalue weighted by Crippen LogP contribution is -2.55. The second-order valence-corrected chi connectivity index (χ2v) is 5.34. The molecule has 4 N–H and O–H groups in total. The second kappa shape index (κ2) is 5.94. The van der Waals surface area contributed by atoms with Crippen molar-refractivity contribution in [2.24, 2.45) is 0 Å². The van der Waals surface area contributed by atoms with E-state index in [1.54, 1.807) is 24.3 Å². The van der Waals surface area contributed by atoms with E-state index in [4.69, 9.17) is 5.73 Å². The highest BCUT2D eigenvalue weighted by atomic mass is 16.2. The molecule has 0 spiro atoms. The number of nitrogens with two attached hydrogens (primary N) is 1. The summed E-state index contributed by atoms with van der Waals surface area (Å²) < 4.78 is 0. The minimum atomic E-state index is -0.265. The molecular weight excluding hydrogens is 254 g/mol. The molecule has 5 heteroatoms. The van der Waals surface area contributed by atoms with Crippen LogP contribution in [0.15, 0.2) is 24.3 Å². The summed E-state index contributed by atoms with van der Waals surface area (Å²) in [5.41, 5.74) is 6.63. The highest BCUT2D eigenvalue weighted by molar-refractivity contribution is 5.96. The molecule has 0 aliphatic heterocycles. The SMILES string of the molecule is CCC1(NC(=O)CNC(=O)c2ccc(N)cc2)CCC1. The minimum absolute atomic E-state index is 0.00492. The summed E-state index contributed by atoms with van der Waals surface area (Å²) in [4.78, 5) is 23.7. The predicted octanol–water partition coefficient (Wildman–Crippen LogP) is 1.45. The van der Waals surface area contributed by atoms with E-state index in [0.717, 1.165) is 25.7 Å². The maximum absolute atomic E-state index is 11.9. The van der Waals surface area contributed by atoms with Gasteiger partial charge in [0.25, 0.3) is 5.91 Å². The van der Waals surface area contributed by atoms with Crippen LogP contribution >= 0.6 is 0 Å².